The van der Waals surface area contributed by atoms with Gasteiger partial charge in [0.15, 0.2) is 0 Å². The second-order valence-electron chi connectivity index (χ2n) is 7.88. The van der Waals surface area contributed by atoms with Gasteiger partial charge in [0, 0.05) is 23.9 Å². The molecule has 0 aliphatic heterocycles. The Morgan fingerprint density at radius 3 is 2.65 bits per heavy atom. The van der Waals surface area contributed by atoms with Gasteiger partial charge in [0.25, 0.3) is 0 Å². The molecule has 0 atom stereocenters. The molecule has 1 aliphatic carbocycles. The third kappa shape index (κ3) is 4.35. The molecular formula is C22H23F3N4O2. The van der Waals surface area contributed by atoms with E-state index >= 15 is 0 Å². The number of aryl methyl sites for hydroxylation is 1. The van der Waals surface area contributed by atoms with Crippen LogP contribution in [0.5, 0.6) is 0 Å². The highest BCUT2D eigenvalue weighted by Gasteiger charge is 2.33. The topological polar surface area (TPSA) is 73.0 Å². The Labute approximate surface area is 177 Å². The molecular weight excluding hydrogens is 409 g/mol. The van der Waals surface area contributed by atoms with E-state index in [0.29, 0.717) is 17.7 Å². The number of rotatable bonds is 6. The Morgan fingerprint density at radius 2 is 1.97 bits per heavy atom. The number of alkyl halides is 3. The molecule has 4 rings (SSSR count). The molecule has 1 saturated carbocycles. The first-order valence-corrected chi connectivity index (χ1v) is 10.2. The number of benzene rings is 1. The first-order chi connectivity index (χ1) is 14.7. The van der Waals surface area contributed by atoms with Crippen LogP contribution < -0.4 is 5.32 Å². The standard InChI is InChI=1S/C22H23F3N4O2/c1-13-10-17(21-28-27-20(31-21)15-7-5-8-15)14(2)29(13)12-19(30)26-11-16-6-3-4-9-18(16)22(23,24)25/h3-4,6,9-10,15H,5,7-8,11-12H2,1-2H3,(H,26,30). The summed E-state index contributed by atoms with van der Waals surface area (Å²) in [7, 11) is 0. The average molecular weight is 432 g/mol. The highest BCUT2D eigenvalue weighted by Crippen LogP contribution is 2.37. The lowest BCUT2D eigenvalue weighted by Gasteiger charge is -2.20. The summed E-state index contributed by atoms with van der Waals surface area (Å²) < 4.78 is 47.0. The van der Waals surface area contributed by atoms with Crippen molar-refractivity contribution in [2.75, 3.05) is 0 Å². The molecule has 1 aliphatic rings. The molecule has 1 amide bonds. The maximum Gasteiger partial charge on any atom is 0.416 e. The SMILES string of the molecule is Cc1cc(-c2nnc(C3CCC3)o2)c(C)n1CC(=O)NCc1ccccc1C(F)(F)F. The van der Waals surface area contributed by atoms with Gasteiger partial charge in [-0.25, -0.2) is 0 Å². The number of nitrogens with zero attached hydrogens (tertiary/aromatic N) is 3. The third-order valence-corrected chi connectivity index (χ3v) is 5.80. The monoisotopic (exact) mass is 432 g/mol. The normalized spacial score (nSPS) is 14.5. The van der Waals surface area contributed by atoms with Crippen molar-refractivity contribution in [3.05, 3.63) is 58.7 Å². The Hall–Kier alpha value is -3.10. The van der Waals surface area contributed by atoms with Crippen molar-refractivity contribution in [1.29, 1.82) is 0 Å². The van der Waals surface area contributed by atoms with Gasteiger partial charge in [-0.05, 0) is 44.4 Å². The summed E-state index contributed by atoms with van der Waals surface area (Å²) >= 11 is 0. The summed E-state index contributed by atoms with van der Waals surface area (Å²) in [4.78, 5) is 12.5. The number of hydrogen-bond acceptors (Lipinski definition) is 4. The molecule has 9 heteroatoms. The number of carbonyl (C=O) groups is 1. The van der Waals surface area contributed by atoms with Gasteiger partial charge in [0.05, 0.1) is 11.1 Å². The van der Waals surface area contributed by atoms with Crippen LogP contribution >= 0.6 is 0 Å². The molecule has 31 heavy (non-hydrogen) atoms. The van der Waals surface area contributed by atoms with E-state index in [0.717, 1.165) is 35.9 Å². The molecule has 0 unspecified atom stereocenters. The Morgan fingerprint density at radius 1 is 1.23 bits per heavy atom. The van der Waals surface area contributed by atoms with Gasteiger partial charge >= 0.3 is 6.18 Å². The summed E-state index contributed by atoms with van der Waals surface area (Å²) in [5.41, 5.74) is 1.64. The van der Waals surface area contributed by atoms with E-state index in [1.165, 1.54) is 24.6 Å². The Balaban J connectivity index is 1.45. The molecule has 164 valence electrons. The molecule has 0 bridgehead atoms. The van der Waals surface area contributed by atoms with Crippen LogP contribution in [0.3, 0.4) is 0 Å². The second kappa shape index (κ2) is 8.20. The predicted molar refractivity (Wildman–Crippen MR) is 107 cm³/mol. The van der Waals surface area contributed by atoms with E-state index < -0.39 is 11.7 Å². The second-order valence-corrected chi connectivity index (χ2v) is 7.88. The lowest BCUT2D eigenvalue weighted by atomic mass is 9.85. The van der Waals surface area contributed by atoms with Crippen LogP contribution in [0.1, 0.15) is 53.6 Å². The molecule has 0 spiro atoms. The number of halogens is 3. The highest BCUT2D eigenvalue weighted by molar-refractivity contribution is 5.76. The fraction of sp³-hybridized carbons (Fsp3) is 0.409. The highest BCUT2D eigenvalue weighted by atomic mass is 19.4. The van der Waals surface area contributed by atoms with E-state index in [9.17, 15) is 18.0 Å². The van der Waals surface area contributed by atoms with Crippen LogP contribution in [-0.2, 0) is 24.1 Å². The quantitative estimate of drug-likeness (QED) is 0.610. The first kappa shape index (κ1) is 21.1. The Kier molecular flexibility index (Phi) is 5.60. The zero-order valence-corrected chi connectivity index (χ0v) is 17.3. The molecule has 0 saturated heterocycles. The summed E-state index contributed by atoms with van der Waals surface area (Å²) in [5, 5.41) is 10.9. The molecule has 2 aromatic heterocycles. The van der Waals surface area contributed by atoms with Crippen molar-refractivity contribution in [1.82, 2.24) is 20.1 Å². The summed E-state index contributed by atoms with van der Waals surface area (Å²) in [6.45, 7) is 3.48. The lowest BCUT2D eigenvalue weighted by Crippen LogP contribution is -2.28. The third-order valence-electron chi connectivity index (χ3n) is 5.80. The van der Waals surface area contributed by atoms with E-state index in [1.54, 1.807) is 4.57 Å². The van der Waals surface area contributed by atoms with Gasteiger partial charge in [-0.2, -0.15) is 13.2 Å². The van der Waals surface area contributed by atoms with Crippen LogP contribution in [0.25, 0.3) is 11.5 Å². The smallest absolute Gasteiger partial charge is 0.416 e. The van der Waals surface area contributed by atoms with Crippen molar-refractivity contribution in [2.24, 2.45) is 0 Å². The summed E-state index contributed by atoms with van der Waals surface area (Å²) in [6.07, 6.45) is -1.19. The molecule has 2 heterocycles. The first-order valence-electron chi connectivity index (χ1n) is 10.2. The number of carbonyl (C=O) groups excluding carboxylic acids is 1. The van der Waals surface area contributed by atoms with E-state index in [2.05, 4.69) is 15.5 Å². The van der Waals surface area contributed by atoms with E-state index in [4.69, 9.17) is 4.42 Å². The predicted octanol–water partition coefficient (Wildman–Crippen LogP) is 4.76. The minimum atomic E-state index is -4.47. The zero-order chi connectivity index (χ0) is 22.2. The molecule has 6 nitrogen and oxygen atoms in total. The van der Waals surface area contributed by atoms with Crippen LogP contribution in [0.15, 0.2) is 34.7 Å². The minimum absolute atomic E-state index is 0.0184. The van der Waals surface area contributed by atoms with Crippen LogP contribution in [-0.4, -0.2) is 20.7 Å². The zero-order valence-electron chi connectivity index (χ0n) is 17.3. The molecule has 1 fully saturated rings. The van der Waals surface area contributed by atoms with Crippen LogP contribution in [0.2, 0.25) is 0 Å². The van der Waals surface area contributed by atoms with Gasteiger partial charge in [0.1, 0.15) is 6.54 Å². The van der Waals surface area contributed by atoms with Crippen molar-refractivity contribution in [2.45, 2.75) is 58.3 Å². The molecule has 3 aromatic rings. The number of hydrogen-bond donors (Lipinski definition) is 1. The van der Waals surface area contributed by atoms with Crippen molar-refractivity contribution >= 4 is 5.91 Å². The van der Waals surface area contributed by atoms with Crippen molar-refractivity contribution in [3.63, 3.8) is 0 Å². The largest absolute Gasteiger partial charge is 0.420 e. The summed E-state index contributed by atoms with van der Waals surface area (Å²) in [5.74, 6) is 1.01. The van der Waals surface area contributed by atoms with Gasteiger partial charge in [-0.15, -0.1) is 10.2 Å². The average Bonchev–Trinajstić information content (AvgIpc) is 3.24. The number of aromatic nitrogens is 3. The van der Waals surface area contributed by atoms with Gasteiger partial charge in [-0.1, -0.05) is 24.6 Å². The molecule has 0 radical (unpaired) electrons. The summed E-state index contributed by atoms with van der Waals surface area (Å²) in [6, 6.07) is 7.10. The lowest BCUT2D eigenvalue weighted by molar-refractivity contribution is -0.138. The van der Waals surface area contributed by atoms with Crippen molar-refractivity contribution < 1.29 is 22.4 Å². The fourth-order valence-corrected chi connectivity index (χ4v) is 3.77. The fourth-order valence-electron chi connectivity index (χ4n) is 3.77. The van der Waals surface area contributed by atoms with Gasteiger partial charge in [0.2, 0.25) is 17.7 Å². The van der Waals surface area contributed by atoms with E-state index in [-0.39, 0.29) is 24.6 Å². The molecule has 1 N–H and O–H groups in total. The maximum atomic E-state index is 13.1. The van der Waals surface area contributed by atoms with Gasteiger partial charge in [-0.3, -0.25) is 4.79 Å². The van der Waals surface area contributed by atoms with E-state index in [1.807, 2.05) is 19.9 Å². The minimum Gasteiger partial charge on any atom is -0.420 e. The Bertz CT molecular complexity index is 1100. The molecule has 1 aromatic carbocycles. The number of amides is 1. The van der Waals surface area contributed by atoms with Crippen molar-refractivity contribution in [3.8, 4) is 11.5 Å². The van der Waals surface area contributed by atoms with Crippen LogP contribution in [0.4, 0.5) is 13.2 Å². The maximum absolute atomic E-state index is 13.1. The van der Waals surface area contributed by atoms with Gasteiger partial charge < -0.3 is 14.3 Å². The van der Waals surface area contributed by atoms with Crippen LogP contribution in [0, 0.1) is 13.8 Å². The number of nitrogens with one attached hydrogen (secondary N) is 1.